The summed E-state index contributed by atoms with van der Waals surface area (Å²) in [6.45, 7) is 11.9. The number of nitrogens with zero attached hydrogens (tertiary/aromatic N) is 4. The van der Waals surface area contributed by atoms with E-state index < -0.39 is 12.1 Å². The number of hydrogen-bond donors (Lipinski definition) is 4. The molecule has 0 fully saturated rings. The Morgan fingerprint density at radius 2 is 1.43 bits per heavy atom. The molecule has 4 aromatic rings. The summed E-state index contributed by atoms with van der Waals surface area (Å²) >= 11 is 7.90. The summed E-state index contributed by atoms with van der Waals surface area (Å²) in [6.07, 6.45) is -0.997. The van der Waals surface area contributed by atoms with Gasteiger partial charge >= 0.3 is 6.09 Å². The summed E-state index contributed by atoms with van der Waals surface area (Å²) in [5.74, 6) is 12.9. The second kappa shape index (κ2) is 24.8. The van der Waals surface area contributed by atoms with E-state index >= 15 is 0 Å². The fraction of sp³-hybridized carbons (Fsp3) is 0.419. The third kappa shape index (κ3) is 14.5. The van der Waals surface area contributed by atoms with Gasteiger partial charge in [0.05, 0.1) is 84.7 Å². The summed E-state index contributed by atoms with van der Waals surface area (Å²) in [5.41, 5.74) is 5.27. The number of rotatable bonds is 23. The van der Waals surface area contributed by atoms with Gasteiger partial charge < -0.3 is 44.7 Å². The number of carboxylic acid groups (broad SMARTS) is 1. The average Bonchev–Trinajstić information content (AvgIpc) is 3.71. The van der Waals surface area contributed by atoms with Crippen LogP contribution in [0.2, 0.25) is 5.02 Å². The number of aliphatic imine (C=N–C) groups is 1. The Hall–Kier alpha value is -5.14. The van der Waals surface area contributed by atoms with E-state index in [1.165, 1.54) is 4.88 Å². The second-order valence-corrected chi connectivity index (χ2v) is 14.9. The standard InChI is InChI=1S/C43H50ClN7O8S/c1-30-31(2)60-42-39(30)40(34-10-12-35(44)13-11-34)48-37(41-50-49-32(3)51(41)42)29-38(52)47-36-14-8-33(9-15-36)7-5-4-6-16-45-17-19-55-21-23-57-25-27-59-28-26-58-24-22-56-20-18-46-43(53)54/h8-15,37,45-46H,16-29H2,1-3H3,(H,47,52)(H,53,54)/t37-/m0/s1. The molecule has 2 aromatic heterocycles. The van der Waals surface area contributed by atoms with Gasteiger partial charge in [0.15, 0.2) is 5.82 Å². The van der Waals surface area contributed by atoms with E-state index in [9.17, 15) is 9.59 Å². The van der Waals surface area contributed by atoms with Crippen molar-refractivity contribution in [1.29, 1.82) is 0 Å². The zero-order chi connectivity index (χ0) is 42.5. The number of amides is 2. The lowest BCUT2D eigenvalue weighted by Crippen LogP contribution is -2.25. The summed E-state index contributed by atoms with van der Waals surface area (Å²) in [7, 11) is 0. The van der Waals surface area contributed by atoms with Crippen molar-refractivity contribution in [2.45, 2.75) is 33.2 Å². The van der Waals surface area contributed by atoms with Crippen LogP contribution in [0.25, 0.3) is 5.00 Å². The minimum absolute atomic E-state index is 0.0709. The topological polar surface area (TPSA) is 180 Å². The number of hydrogen-bond acceptors (Lipinski definition) is 12. The number of thiophene rings is 1. The van der Waals surface area contributed by atoms with Gasteiger partial charge in [-0.1, -0.05) is 35.6 Å². The van der Waals surface area contributed by atoms with Crippen LogP contribution in [-0.4, -0.2) is 123 Å². The Bertz CT molecular complexity index is 2170. The molecule has 0 unspecified atom stereocenters. The van der Waals surface area contributed by atoms with Gasteiger partial charge in [-0.3, -0.25) is 14.4 Å². The Balaban J connectivity index is 0.954. The first-order valence-corrected chi connectivity index (χ1v) is 20.7. The van der Waals surface area contributed by atoms with Gasteiger partial charge in [0, 0.05) is 45.4 Å². The molecular weight excluding hydrogens is 810 g/mol. The van der Waals surface area contributed by atoms with Gasteiger partial charge in [0.2, 0.25) is 5.91 Å². The van der Waals surface area contributed by atoms with Crippen molar-refractivity contribution in [2.75, 3.05) is 91.0 Å². The van der Waals surface area contributed by atoms with Crippen molar-refractivity contribution in [2.24, 2.45) is 4.99 Å². The lowest BCUT2D eigenvalue weighted by atomic mass is 9.99. The highest BCUT2D eigenvalue weighted by Gasteiger charge is 2.32. The molecule has 4 N–H and O–H groups in total. The van der Waals surface area contributed by atoms with Crippen LogP contribution in [0.3, 0.4) is 0 Å². The van der Waals surface area contributed by atoms with Gasteiger partial charge in [-0.15, -0.1) is 21.5 Å². The molecule has 1 aliphatic rings. The predicted octanol–water partition coefficient (Wildman–Crippen LogP) is 5.12. The number of fused-ring (bicyclic) bond motifs is 3. The average molecular weight is 860 g/mol. The first kappa shape index (κ1) is 45.9. The second-order valence-electron chi connectivity index (χ2n) is 13.3. The fourth-order valence-corrected chi connectivity index (χ4v) is 7.20. The molecule has 0 aliphatic carbocycles. The molecule has 0 saturated carbocycles. The van der Waals surface area contributed by atoms with Crippen LogP contribution < -0.4 is 16.0 Å². The maximum Gasteiger partial charge on any atom is 0.404 e. The van der Waals surface area contributed by atoms with Gasteiger partial charge in [-0.2, -0.15) is 0 Å². The summed E-state index contributed by atoms with van der Waals surface area (Å²) in [6, 6.07) is 14.3. The normalized spacial score (nSPS) is 12.9. The van der Waals surface area contributed by atoms with Crippen LogP contribution in [-0.2, 0) is 28.5 Å². The number of benzene rings is 2. The van der Waals surface area contributed by atoms with E-state index in [-0.39, 0.29) is 18.9 Å². The molecule has 2 aromatic carbocycles. The molecule has 15 nitrogen and oxygen atoms in total. The maximum absolute atomic E-state index is 13.5. The molecule has 0 bridgehead atoms. The largest absolute Gasteiger partial charge is 0.465 e. The van der Waals surface area contributed by atoms with Gasteiger partial charge in [0.25, 0.3) is 0 Å². The van der Waals surface area contributed by atoms with E-state index in [2.05, 4.69) is 63.7 Å². The third-order valence-corrected chi connectivity index (χ3v) is 10.4. The van der Waals surface area contributed by atoms with Crippen LogP contribution in [0.5, 0.6) is 0 Å². The predicted molar refractivity (Wildman–Crippen MR) is 231 cm³/mol. The Kier molecular flexibility index (Phi) is 19.0. The summed E-state index contributed by atoms with van der Waals surface area (Å²) < 4.78 is 29.1. The monoisotopic (exact) mass is 859 g/mol. The molecule has 3 heterocycles. The Morgan fingerprint density at radius 3 is 2.07 bits per heavy atom. The number of carbonyl (C=O) groups excluding carboxylic acids is 1. The molecule has 17 heteroatoms. The van der Waals surface area contributed by atoms with Crippen LogP contribution in [0.1, 0.15) is 51.2 Å². The molecule has 60 heavy (non-hydrogen) atoms. The number of halogens is 1. The van der Waals surface area contributed by atoms with E-state index in [0.29, 0.717) is 95.7 Å². The van der Waals surface area contributed by atoms with E-state index in [1.807, 2.05) is 60.0 Å². The number of aryl methyl sites for hydroxylation is 2. The number of nitrogens with one attached hydrogen (secondary N) is 3. The summed E-state index contributed by atoms with van der Waals surface area (Å²) in [4.78, 5) is 30.1. The lowest BCUT2D eigenvalue weighted by Gasteiger charge is -2.13. The number of anilines is 1. The summed E-state index contributed by atoms with van der Waals surface area (Å²) in [5, 5.41) is 27.4. The molecule has 0 saturated heterocycles. The smallest absolute Gasteiger partial charge is 0.404 e. The van der Waals surface area contributed by atoms with Crippen LogP contribution in [0.15, 0.2) is 53.5 Å². The molecule has 1 aliphatic heterocycles. The zero-order valence-corrected chi connectivity index (χ0v) is 35.5. The van der Waals surface area contributed by atoms with Crippen molar-refractivity contribution in [3.63, 3.8) is 0 Å². The minimum Gasteiger partial charge on any atom is -0.465 e. The fourth-order valence-electron chi connectivity index (χ4n) is 5.86. The van der Waals surface area contributed by atoms with Gasteiger partial charge in [0.1, 0.15) is 16.9 Å². The third-order valence-electron chi connectivity index (χ3n) is 8.91. The first-order chi connectivity index (χ1) is 29.2. The number of aromatic nitrogens is 3. The molecule has 2 amide bonds. The van der Waals surface area contributed by atoms with Gasteiger partial charge in [-0.25, -0.2) is 4.79 Å². The maximum atomic E-state index is 13.5. The SMILES string of the molecule is Cc1sc2c(c1C)C(c1ccc(Cl)cc1)=N[C@@H](CC(=O)Nc1ccc(C#CC#CCNCCOCCOCCOCCOCCOCCNC(=O)O)cc1)c1nnc(C)n1-2. The lowest BCUT2D eigenvalue weighted by molar-refractivity contribution is -0.116. The van der Waals surface area contributed by atoms with Gasteiger partial charge in [-0.05, 0) is 74.6 Å². The Morgan fingerprint density at radius 1 is 0.817 bits per heavy atom. The highest BCUT2D eigenvalue weighted by molar-refractivity contribution is 7.15. The molecule has 0 radical (unpaired) electrons. The van der Waals surface area contributed by atoms with E-state index in [1.54, 1.807) is 11.3 Å². The van der Waals surface area contributed by atoms with Crippen LogP contribution >= 0.6 is 22.9 Å². The number of carbonyl (C=O) groups is 2. The zero-order valence-electron chi connectivity index (χ0n) is 34.0. The molecule has 1 atom stereocenters. The van der Waals surface area contributed by atoms with Crippen molar-refractivity contribution < 1.29 is 38.4 Å². The molecule has 5 rings (SSSR count). The minimum atomic E-state index is -1.07. The van der Waals surface area contributed by atoms with Crippen molar-refractivity contribution in [3.8, 4) is 28.7 Å². The first-order valence-electron chi connectivity index (χ1n) is 19.5. The number of ether oxygens (including phenoxy) is 5. The molecule has 0 spiro atoms. The molecule has 318 valence electrons. The van der Waals surface area contributed by atoms with Crippen LogP contribution in [0, 0.1) is 44.5 Å². The van der Waals surface area contributed by atoms with E-state index in [0.717, 1.165) is 38.8 Å². The molecular formula is C43H50ClN7O8S. The van der Waals surface area contributed by atoms with E-state index in [4.69, 9.17) is 45.4 Å². The van der Waals surface area contributed by atoms with Crippen molar-refractivity contribution in [1.82, 2.24) is 25.4 Å². The van der Waals surface area contributed by atoms with Crippen LogP contribution in [0.4, 0.5) is 10.5 Å². The Labute approximate surface area is 359 Å². The van der Waals surface area contributed by atoms with Crippen molar-refractivity contribution in [3.05, 3.63) is 92.3 Å². The quantitative estimate of drug-likeness (QED) is 0.0575. The highest BCUT2D eigenvalue weighted by atomic mass is 35.5. The van der Waals surface area contributed by atoms with Crippen molar-refractivity contribution >= 4 is 46.3 Å². The highest BCUT2D eigenvalue weighted by Crippen LogP contribution is 2.39.